The van der Waals surface area contributed by atoms with Crippen molar-refractivity contribution in [3.63, 3.8) is 0 Å². The van der Waals surface area contributed by atoms with Gasteiger partial charge in [0.1, 0.15) is 0 Å². The van der Waals surface area contributed by atoms with E-state index in [1.807, 2.05) is 48.9 Å². The smallest absolute Gasteiger partial charge is 0.266 e. The molecule has 1 aromatic heterocycles. The Morgan fingerprint density at radius 3 is 2.63 bits per heavy atom. The summed E-state index contributed by atoms with van der Waals surface area (Å²) in [5.41, 5.74) is 4.47. The number of carbonyl (C=O) groups is 1. The second-order valence-corrected chi connectivity index (χ2v) is 5.70. The normalized spacial score (nSPS) is 10.8. The Morgan fingerprint density at radius 1 is 1.32 bits per heavy atom. The molecule has 1 N–H and O–H groups in total. The molecule has 0 atom stereocenters. The van der Waals surface area contributed by atoms with Gasteiger partial charge in [-0.3, -0.25) is 4.79 Å². The molecule has 0 unspecified atom stereocenters. The summed E-state index contributed by atoms with van der Waals surface area (Å²) in [6.07, 6.45) is 3.68. The van der Waals surface area contributed by atoms with Crippen LogP contribution in [-0.2, 0) is 0 Å². The highest BCUT2D eigenvalue weighted by Crippen LogP contribution is 2.15. The van der Waals surface area contributed by atoms with Gasteiger partial charge in [0, 0.05) is 4.90 Å². The van der Waals surface area contributed by atoms with E-state index < -0.39 is 0 Å². The topological polar surface area (TPSA) is 41.5 Å². The molecule has 0 aliphatic carbocycles. The van der Waals surface area contributed by atoms with E-state index in [9.17, 15) is 4.79 Å². The number of aryl methyl sites for hydroxylation is 1. The second kappa shape index (κ2) is 6.54. The van der Waals surface area contributed by atoms with E-state index in [0.717, 1.165) is 11.1 Å². The first-order chi connectivity index (χ1) is 9.20. The summed E-state index contributed by atoms with van der Waals surface area (Å²) in [6, 6.07) is 9.91. The van der Waals surface area contributed by atoms with Gasteiger partial charge < -0.3 is 0 Å². The van der Waals surface area contributed by atoms with Gasteiger partial charge in [0.05, 0.1) is 11.1 Å². The van der Waals surface area contributed by atoms with E-state index >= 15 is 0 Å². The first-order valence-electron chi connectivity index (χ1n) is 5.72. The predicted molar refractivity (Wildman–Crippen MR) is 82.3 cm³/mol. The molecule has 0 aliphatic rings. The predicted octanol–water partition coefficient (Wildman–Crippen LogP) is 3.54. The van der Waals surface area contributed by atoms with Crippen LogP contribution in [0.3, 0.4) is 0 Å². The number of carbonyl (C=O) groups excluding carboxylic acids is 1. The zero-order valence-corrected chi connectivity index (χ0v) is 12.3. The largest absolute Gasteiger partial charge is 0.281 e. The monoisotopic (exact) mass is 290 g/mol. The fourth-order valence-electron chi connectivity index (χ4n) is 1.51. The minimum Gasteiger partial charge on any atom is -0.266 e. The van der Waals surface area contributed by atoms with Gasteiger partial charge in [-0.15, -0.1) is 23.1 Å². The SMILES string of the molecule is CSc1ccc(C=NNC(=O)c2sccc2C)cc1. The minimum absolute atomic E-state index is 0.163. The van der Waals surface area contributed by atoms with Gasteiger partial charge in [-0.2, -0.15) is 5.10 Å². The van der Waals surface area contributed by atoms with Crippen LogP contribution < -0.4 is 5.43 Å². The molecule has 1 amide bonds. The Labute approximate surface area is 120 Å². The zero-order valence-electron chi connectivity index (χ0n) is 10.7. The number of benzene rings is 1. The van der Waals surface area contributed by atoms with Crippen molar-refractivity contribution in [1.29, 1.82) is 0 Å². The van der Waals surface area contributed by atoms with Gasteiger partial charge in [0.15, 0.2) is 0 Å². The lowest BCUT2D eigenvalue weighted by molar-refractivity contribution is 0.0958. The Hall–Kier alpha value is -1.59. The van der Waals surface area contributed by atoms with Crippen molar-refractivity contribution in [1.82, 2.24) is 5.43 Å². The highest BCUT2D eigenvalue weighted by atomic mass is 32.2. The molecule has 3 nitrogen and oxygen atoms in total. The van der Waals surface area contributed by atoms with Crippen LogP contribution in [0.15, 0.2) is 45.7 Å². The molecule has 2 aromatic rings. The molecule has 98 valence electrons. The van der Waals surface area contributed by atoms with Crippen LogP contribution in [-0.4, -0.2) is 18.4 Å². The number of thiophene rings is 1. The zero-order chi connectivity index (χ0) is 13.7. The van der Waals surface area contributed by atoms with Crippen LogP contribution >= 0.6 is 23.1 Å². The number of hydrogen-bond acceptors (Lipinski definition) is 4. The first kappa shape index (κ1) is 13.8. The van der Waals surface area contributed by atoms with Crippen LogP contribution in [0.25, 0.3) is 0 Å². The van der Waals surface area contributed by atoms with Gasteiger partial charge in [-0.25, -0.2) is 5.43 Å². The minimum atomic E-state index is -0.163. The molecule has 0 saturated heterocycles. The maximum absolute atomic E-state index is 11.8. The number of hydrazone groups is 1. The van der Waals surface area contributed by atoms with Crippen molar-refractivity contribution in [2.75, 3.05) is 6.26 Å². The van der Waals surface area contributed by atoms with Crippen molar-refractivity contribution >= 4 is 35.2 Å². The first-order valence-corrected chi connectivity index (χ1v) is 7.82. The van der Waals surface area contributed by atoms with Gasteiger partial charge in [-0.1, -0.05) is 12.1 Å². The van der Waals surface area contributed by atoms with E-state index in [4.69, 9.17) is 0 Å². The molecular weight excluding hydrogens is 276 g/mol. The molecule has 0 radical (unpaired) electrons. The lowest BCUT2D eigenvalue weighted by Crippen LogP contribution is -2.17. The molecular formula is C14H14N2OS2. The van der Waals surface area contributed by atoms with Gasteiger partial charge in [0.2, 0.25) is 0 Å². The molecule has 0 aliphatic heterocycles. The highest BCUT2D eigenvalue weighted by molar-refractivity contribution is 7.98. The fourth-order valence-corrected chi connectivity index (χ4v) is 2.73. The summed E-state index contributed by atoms with van der Waals surface area (Å²) in [7, 11) is 0. The Bertz CT molecular complexity index is 588. The van der Waals surface area contributed by atoms with Gasteiger partial charge in [-0.05, 0) is 47.9 Å². The molecule has 0 fully saturated rings. The third-order valence-corrected chi connectivity index (χ3v) is 4.32. The third kappa shape index (κ3) is 3.68. The molecule has 1 aromatic carbocycles. The molecule has 19 heavy (non-hydrogen) atoms. The van der Waals surface area contributed by atoms with E-state index in [1.165, 1.54) is 16.2 Å². The average molecular weight is 290 g/mol. The van der Waals surface area contributed by atoms with E-state index in [0.29, 0.717) is 4.88 Å². The summed E-state index contributed by atoms with van der Waals surface area (Å²) < 4.78 is 0. The van der Waals surface area contributed by atoms with Crippen molar-refractivity contribution in [3.05, 3.63) is 51.7 Å². The summed E-state index contributed by atoms with van der Waals surface area (Å²) in [6.45, 7) is 1.91. The van der Waals surface area contributed by atoms with Gasteiger partial charge >= 0.3 is 0 Å². The van der Waals surface area contributed by atoms with Crippen LogP contribution in [0.1, 0.15) is 20.8 Å². The number of rotatable bonds is 4. The maximum atomic E-state index is 11.8. The number of hydrogen-bond donors (Lipinski definition) is 1. The van der Waals surface area contributed by atoms with Crippen LogP contribution in [0.4, 0.5) is 0 Å². The van der Waals surface area contributed by atoms with Crippen LogP contribution in [0, 0.1) is 6.92 Å². The summed E-state index contributed by atoms with van der Waals surface area (Å²) in [5, 5.41) is 5.87. The van der Waals surface area contributed by atoms with E-state index in [-0.39, 0.29) is 5.91 Å². The molecule has 0 spiro atoms. The summed E-state index contributed by atoms with van der Waals surface area (Å²) >= 11 is 3.11. The quantitative estimate of drug-likeness (QED) is 0.531. The number of nitrogens with zero attached hydrogens (tertiary/aromatic N) is 1. The Morgan fingerprint density at radius 2 is 2.05 bits per heavy atom. The summed E-state index contributed by atoms with van der Waals surface area (Å²) in [5.74, 6) is -0.163. The highest BCUT2D eigenvalue weighted by Gasteiger charge is 2.08. The standard InChI is InChI=1S/C14H14N2OS2/c1-10-7-8-19-13(10)14(17)16-15-9-11-3-5-12(18-2)6-4-11/h3-9H,1-2H3,(H,16,17). The van der Waals surface area contributed by atoms with E-state index in [1.54, 1.807) is 18.0 Å². The van der Waals surface area contributed by atoms with Crippen molar-refractivity contribution in [2.45, 2.75) is 11.8 Å². The molecule has 5 heteroatoms. The Kier molecular flexibility index (Phi) is 4.76. The molecule has 0 bridgehead atoms. The van der Waals surface area contributed by atoms with Crippen molar-refractivity contribution in [3.8, 4) is 0 Å². The van der Waals surface area contributed by atoms with Crippen LogP contribution in [0.2, 0.25) is 0 Å². The number of amides is 1. The van der Waals surface area contributed by atoms with Crippen LogP contribution in [0.5, 0.6) is 0 Å². The molecule has 0 saturated carbocycles. The lowest BCUT2D eigenvalue weighted by Gasteiger charge is -1.99. The Balaban J connectivity index is 1.96. The van der Waals surface area contributed by atoms with E-state index in [2.05, 4.69) is 10.5 Å². The number of thioether (sulfide) groups is 1. The lowest BCUT2D eigenvalue weighted by atomic mass is 10.2. The summed E-state index contributed by atoms with van der Waals surface area (Å²) in [4.78, 5) is 13.7. The van der Waals surface area contributed by atoms with Gasteiger partial charge in [0.25, 0.3) is 5.91 Å². The fraction of sp³-hybridized carbons (Fsp3) is 0.143. The van der Waals surface area contributed by atoms with Crippen molar-refractivity contribution < 1.29 is 4.79 Å². The molecule has 2 rings (SSSR count). The number of nitrogens with one attached hydrogen (secondary N) is 1. The molecule has 1 heterocycles. The van der Waals surface area contributed by atoms with Crippen molar-refractivity contribution in [2.24, 2.45) is 5.10 Å². The maximum Gasteiger partial charge on any atom is 0.281 e. The third-order valence-electron chi connectivity index (χ3n) is 2.56. The average Bonchev–Trinajstić information content (AvgIpc) is 2.86. The second-order valence-electron chi connectivity index (χ2n) is 3.91.